The van der Waals surface area contributed by atoms with Crippen LogP contribution in [0.25, 0.3) is 0 Å². The molecule has 0 bridgehead atoms. The van der Waals surface area contributed by atoms with Crippen molar-refractivity contribution in [1.82, 2.24) is 4.98 Å². The van der Waals surface area contributed by atoms with Gasteiger partial charge in [-0.1, -0.05) is 0 Å². The number of hydrogen-bond donors (Lipinski definition) is 2. The Kier molecular flexibility index (Phi) is 3.58. The Hall–Kier alpha value is -0.700. The number of rotatable bonds is 2. The Morgan fingerprint density at radius 1 is 1.69 bits per heavy atom. The molecule has 0 saturated heterocycles. The van der Waals surface area contributed by atoms with Crippen molar-refractivity contribution in [1.29, 1.82) is 0 Å². The van der Waals surface area contributed by atoms with Gasteiger partial charge in [0.15, 0.2) is 8.94 Å². The van der Waals surface area contributed by atoms with Crippen molar-refractivity contribution in [3.63, 3.8) is 0 Å². The summed E-state index contributed by atoms with van der Waals surface area (Å²) >= 11 is 0.863. The van der Waals surface area contributed by atoms with Crippen LogP contribution in [-0.4, -0.2) is 25.5 Å². The average Bonchev–Trinajstić information content (AvgIpc) is 2.47. The molecule has 1 rings (SSSR count). The molecule has 0 fully saturated rings. The molecule has 9 heteroatoms. The van der Waals surface area contributed by atoms with Gasteiger partial charge >= 0.3 is 6.09 Å². The van der Waals surface area contributed by atoms with Gasteiger partial charge in [-0.05, 0) is 13.8 Å². The third-order valence-electron chi connectivity index (χ3n) is 1.45. The lowest BCUT2D eigenvalue weighted by Crippen LogP contribution is -2.14. The minimum atomic E-state index is -3.51. The molecule has 0 aliphatic carbocycles. The van der Waals surface area contributed by atoms with Gasteiger partial charge in [-0.25, -0.2) is 14.0 Å². The van der Waals surface area contributed by atoms with Crippen LogP contribution in [0.15, 0.2) is 14.8 Å². The van der Waals surface area contributed by atoms with Crippen molar-refractivity contribution in [3.8, 4) is 0 Å². The minimum absolute atomic E-state index is 0.00805. The topological polar surface area (TPSA) is 99.9 Å². The van der Waals surface area contributed by atoms with Crippen LogP contribution in [0.4, 0.5) is 4.79 Å². The molecule has 1 atom stereocenters. The van der Waals surface area contributed by atoms with Crippen LogP contribution in [0, 0.1) is 0 Å². The van der Waals surface area contributed by atoms with Crippen LogP contribution < -0.4 is 0 Å². The molecule has 1 aromatic rings. The smallest absolute Gasteiger partial charge is 0.440 e. The molecule has 16 heavy (non-hydrogen) atoms. The summed E-state index contributed by atoms with van der Waals surface area (Å²) in [5.74, 6) is 0. The lowest BCUT2D eigenvalue weighted by atomic mass is 10.2. The second kappa shape index (κ2) is 4.28. The zero-order chi connectivity index (χ0) is 12.6. The fourth-order valence-electron chi connectivity index (χ4n) is 0.804. The monoisotopic (exact) mass is 284 g/mol. The van der Waals surface area contributed by atoms with Gasteiger partial charge < -0.3 is 10.2 Å². The van der Waals surface area contributed by atoms with E-state index in [2.05, 4.69) is 9.35 Å². The molecule has 6 nitrogen and oxygen atoms in total. The fraction of sp³-hybridized carbons (Fsp3) is 0.429. The van der Waals surface area contributed by atoms with Gasteiger partial charge in [0.25, 0.3) is 0 Å². The molecule has 0 aromatic carbocycles. The Bertz CT molecular complexity index is 525. The SMILES string of the molecule is CC(C)(O)c1ncc(S(=O)(Cl)=NC(=O)O)s1. The van der Waals surface area contributed by atoms with E-state index in [1.807, 2.05) is 0 Å². The zero-order valence-electron chi connectivity index (χ0n) is 8.38. The molecule has 1 heterocycles. The van der Waals surface area contributed by atoms with Crippen molar-refractivity contribution < 1.29 is 19.2 Å². The second-order valence-corrected chi connectivity index (χ2v) is 7.46. The number of nitrogens with zero attached hydrogens (tertiary/aromatic N) is 2. The van der Waals surface area contributed by atoms with Crippen LogP contribution in [0.2, 0.25) is 0 Å². The van der Waals surface area contributed by atoms with E-state index in [-0.39, 0.29) is 9.22 Å². The first-order valence-electron chi connectivity index (χ1n) is 4.01. The number of aromatic nitrogens is 1. The number of amides is 1. The number of carbonyl (C=O) groups is 1. The summed E-state index contributed by atoms with van der Waals surface area (Å²) in [5.41, 5.74) is -1.20. The maximum Gasteiger partial charge on any atom is 0.440 e. The van der Waals surface area contributed by atoms with Crippen molar-refractivity contribution in [2.24, 2.45) is 4.36 Å². The van der Waals surface area contributed by atoms with Crippen molar-refractivity contribution in [2.75, 3.05) is 0 Å². The molecule has 0 aliphatic heterocycles. The summed E-state index contributed by atoms with van der Waals surface area (Å²) in [6, 6.07) is 0. The number of halogens is 1. The van der Waals surface area contributed by atoms with Crippen molar-refractivity contribution in [3.05, 3.63) is 11.2 Å². The predicted octanol–water partition coefficient (Wildman–Crippen LogP) is 2.03. The van der Waals surface area contributed by atoms with Gasteiger partial charge in [0, 0.05) is 10.7 Å². The summed E-state index contributed by atoms with van der Waals surface area (Å²) < 4.78 is 14.5. The Labute approximate surface area is 101 Å². The number of carboxylic acid groups (broad SMARTS) is 1. The molecule has 0 radical (unpaired) electrons. The van der Waals surface area contributed by atoms with Crippen LogP contribution >= 0.6 is 22.0 Å². The highest BCUT2D eigenvalue weighted by molar-refractivity contribution is 8.17. The molecule has 0 saturated carbocycles. The van der Waals surface area contributed by atoms with E-state index in [1.165, 1.54) is 13.8 Å². The quantitative estimate of drug-likeness (QED) is 0.809. The maximum atomic E-state index is 11.6. The summed E-state index contributed by atoms with van der Waals surface area (Å²) in [6.45, 7) is 3.00. The largest absolute Gasteiger partial charge is 0.463 e. The number of thiazole rings is 1. The summed E-state index contributed by atoms with van der Waals surface area (Å²) in [7, 11) is 1.98. The first-order valence-corrected chi connectivity index (χ1v) is 7.17. The van der Waals surface area contributed by atoms with E-state index >= 15 is 0 Å². The van der Waals surface area contributed by atoms with Gasteiger partial charge in [0.1, 0.15) is 14.8 Å². The number of hydrogen-bond acceptors (Lipinski definition) is 5. The zero-order valence-corrected chi connectivity index (χ0v) is 10.8. The molecule has 2 N–H and O–H groups in total. The molecule has 1 unspecified atom stereocenters. The van der Waals surface area contributed by atoms with E-state index < -0.39 is 20.6 Å². The Morgan fingerprint density at radius 3 is 2.62 bits per heavy atom. The standard InChI is InChI=1S/C7H9ClN2O4S2/c1-7(2,13)5-9-3-4(15-5)16(8,14)10-6(11)12/h3,13H,1-2H3,(H,11,12). The molecular weight excluding hydrogens is 276 g/mol. The normalized spacial score (nSPS) is 15.5. The predicted molar refractivity (Wildman–Crippen MR) is 60.1 cm³/mol. The van der Waals surface area contributed by atoms with Gasteiger partial charge in [0.2, 0.25) is 0 Å². The van der Waals surface area contributed by atoms with E-state index in [9.17, 15) is 14.1 Å². The highest BCUT2D eigenvalue weighted by Gasteiger charge is 2.23. The third kappa shape index (κ3) is 3.14. The van der Waals surface area contributed by atoms with Gasteiger partial charge in [-0.3, -0.25) is 0 Å². The molecule has 90 valence electrons. The summed E-state index contributed by atoms with van der Waals surface area (Å²) in [4.78, 5) is 14.1. The summed E-state index contributed by atoms with van der Waals surface area (Å²) in [6.07, 6.45) is -0.460. The molecule has 0 spiro atoms. The van der Waals surface area contributed by atoms with E-state index in [1.54, 1.807) is 0 Å². The molecule has 0 aliphatic rings. The minimum Gasteiger partial charge on any atom is -0.463 e. The first-order chi connectivity index (χ1) is 7.13. The third-order valence-corrected chi connectivity index (χ3v) is 5.46. The second-order valence-electron chi connectivity index (χ2n) is 3.38. The van der Waals surface area contributed by atoms with Crippen molar-refractivity contribution in [2.45, 2.75) is 23.7 Å². The van der Waals surface area contributed by atoms with Crippen LogP contribution in [-0.2, 0) is 14.5 Å². The lowest BCUT2D eigenvalue weighted by Gasteiger charge is -2.12. The highest BCUT2D eigenvalue weighted by Crippen LogP contribution is 2.30. The van der Waals surface area contributed by atoms with Crippen molar-refractivity contribution >= 4 is 37.1 Å². The van der Waals surface area contributed by atoms with Crippen LogP contribution in [0.5, 0.6) is 0 Å². The molecular formula is C7H9ClN2O4S2. The van der Waals surface area contributed by atoms with Crippen LogP contribution in [0.1, 0.15) is 18.9 Å². The van der Waals surface area contributed by atoms with E-state index in [0.29, 0.717) is 0 Å². The van der Waals surface area contributed by atoms with Crippen LogP contribution in [0.3, 0.4) is 0 Å². The van der Waals surface area contributed by atoms with E-state index in [0.717, 1.165) is 17.5 Å². The van der Waals surface area contributed by atoms with Gasteiger partial charge in [0.05, 0.1) is 6.20 Å². The highest BCUT2D eigenvalue weighted by atomic mass is 35.7. The maximum absolute atomic E-state index is 11.6. The van der Waals surface area contributed by atoms with Gasteiger partial charge in [-0.15, -0.1) is 15.7 Å². The fourth-order valence-corrected chi connectivity index (χ4v) is 3.27. The Morgan fingerprint density at radius 2 is 2.25 bits per heavy atom. The Balaban J connectivity index is 3.23. The lowest BCUT2D eigenvalue weighted by molar-refractivity contribution is 0.0783. The first kappa shape index (κ1) is 13.4. The molecule has 1 aromatic heterocycles. The average molecular weight is 285 g/mol. The summed E-state index contributed by atoms with van der Waals surface area (Å²) in [5, 5.41) is 18.3. The number of aliphatic hydroxyl groups is 1. The van der Waals surface area contributed by atoms with Gasteiger partial charge in [-0.2, -0.15) is 0 Å². The van der Waals surface area contributed by atoms with E-state index in [4.69, 9.17) is 15.8 Å². The molecule has 1 amide bonds.